The Bertz CT molecular complexity index is 798. The average Bonchev–Trinajstić information content (AvgIpc) is 2.55. The summed E-state index contributed by atoms with van der Waals surface area (Å²) in [5, 5.41) is 8.71. The number of nitrogens with zero attached hydrogens (tertiary/aromatic N) is 1. The van der Waals surface area contributed by atoms with E-state index in [9.17, 15) is 8.42 Å². The lowest BCUT2D eigenvalue weighted by Crippen LogP contribution is -2.44. The Morgan fingerprint density at radius 3 is 2.30 bits per heavy atom. The highest BCUT2D eigenvalue weighted by molar-refractivity contribution is 7.89. The van der Waals surface area contributed by atoms with Crippen LogP contribution in [0.4, 0.5) is 5.69 Å². The van der Waals surface area contributed by atoms with Gasteiger partial charge in [0.2, 0.25) is 10.0 Å². The van der Waals surface area contributed by atoms with Crippen LogP contribution in [0.2, 0.25) is 0 Å². The quantitative estimate of drug-likeness (QED) is 0.898. The molecule has 0 atom stereocenters. The van der Waals surface area contributed by atoms with Crippen LogP contribution in [0.1, 0.15) is 5.56 Å². The molecule has 2 aromatic rings. The van der Waals surface area contributed by atoms with Gasteiger partial charge in [-0.15, -0.1) is 0 Å². The number of benzene rings is 2. The highest BCUT2D eigenvalue weighted by Crippen LogP contribution is 2.37. The minimum absolute atomic E-state index is 0.200. The van der Waals surface area contributed by atoms with Gasteiger partial charge in [0.15, 0.2) is 0 Å². The monoisotopic (exact) mass is 331 g/mol. The summed E-state index contributed by atoms with van der Waals surface area (Å²) in [6.07, 6.45) is 0. The summed E-state index contributed by atoms with van der Waals surface area (Å²) in [7, 11) is -3.74. The maximum Gasteiger partial charge on any atom is 0.238 e. The molecule has 1 heterocycles. The van der Waals surface area contributed by atoms with Crippen LogP contribution >= 0.6 is 0 Å². The van der Waals surface area contributed by atoms with Gasteiger partial charge < -0.3 is 10.2 Å². The lowest BCUT2D eigenvalue weighted by Gasteiger charge is -2.33. The van der Waals surface area contributed by atoms with E-state index < -0.39 is 10.0 Å². The van der Waals surface area contributed by atoms with Gasteiger partial charge in [0.25, 0.3) is 0 Å². The van der Waals surface area contributed by atoms with Crippen LogP contribution in [-0.2, 0) is 10.0 Å². The molecule has 1 fully saturated rings. The van der Waals surface area contributed by atoms with Crippen molar-refractivity contribution in [2.24, 2.45) is 5.14 Å². The number of primary sulfonamides is 1. The fourth-order valence-corrected chi connectivity index (χ4v) is 3.92. The van der Waals surface area contributed by atoms with E-state index in [2.05, 4.69) is 10.2 Å². The van der Waals surface area contributed by atoms with Gasteiger partial charge in [0.05, 0.1) is 4.90 Å². The van der Waals surface area contributed by atoms with E-state index in [1.165, 1.54) is 0 Å². The molecule has 0 aromatic heterocycles. The molecule has 1 aliphatic heterocycles. The summed E-state index contributed by atoms with van der Waals surface area (Å²) in [5.74, 6) is 0. The molecule has 0 aliphatic carbocycles. The molecule has 1 aliphatic rings. The number of rotatable bonds is 3. The third-order valence-corrected chi connectivity index (χ3v) is 5.26. The first-order valence-corrected chi connectivity index (χ1v) is 9.20. The van der Waals surface area contributed by atoms with E-state index >= 15 is 0 Å². The van der Waals surface area contributed by atoms with Crippen molar-refractivity contribution in [3.05, 3.63) is 48.0 Å². The van der Waals surface area contributed by atoms with Crippen molar-refractivity contribution in [3.63, 3.8) is 0 Å². The Morgan fingerprint density at radius 2 is 1.70 bits per heavy atom. The fraction of sp³-hybridized carbons (Fsp3) is 0.294. The zero-order valence-electron chi connectivity index (χ0n) is 13.1. The first kappa shape index (κ1) is 16.0. The van der Waals surface area contributed by atoms with Crippen molar-refractivity contribution >= 4 is 15.7 Å². The van der Waals surface area contributed by atoms with E-state index in [-0.39, 0.29) is 4.90 Å². The topological polar surface area (TPSA) is 75.4 Å². The van der Waals surface area contributed by atoms with E-state index in [1.807, 2.05) is 43.3 Å². The maximum absolute atomic E-state index is 11.9. The van der Waals surface area contributed by atoms with Crippen LogP contribution in [0.25, 0.3) is 11.1 Å². The number of piperazine rings is 1. The Balaban J connectivity index is 2.22. The van der Waals surface area contributed by atoms with E-state index in [1.54, 1.807) is 6.07 Å². The Labute approximate surface area is 137 Å². The second-order valence-corrected chi connectivity index (χ2v) is 7.26. The normalized spacial score (nSPS) is 15.7. The third-order valence-electron chi connectivity index (χ3n) is 4.21. The summed E-state index contributed by atoms with van der Waals surface area (Å²) in [6.45, 7) is 5.29. The molecule has 3 N–H and O–H groups in total. The standard InChI is InChI=1S/C17H21N3O2S/c1-13-16(23(18,21)22)8-7-15(14-5-3-2-4-6-14)17(13)20-11-9-19-10-12-20/h2-8,19H,9-12H2,1H3,(H2,18,21,22). The maximum atomic E-state index is 11.9. The average molecular weight is 331 g/mol. The molecule has 0 amide bonds. The Kier molecular flexibility index (Phi) is 4.39. The van der Waals surface area contributed by atoms with Gasteiger partial charge in [-0.2, -0.15) is 0 Å². The van der Waals surface area contributed by atoms with Gasteiger partial charge >= 0.3 is 0 Å². The van der Waals surface area contributed by atoms with Gasteiger partial charge in [-0.05, 0) is 24.1 Å². The predicted octanol–water partition coefficient (Wildman–Crippen LogP) is 1.72. The summed E-state index contributed by atoms with van der Waals surface area (Å²) in [5.41, 5.74) is 3.79. The van der Waals surface area contributed by atoms with Crippen molar-refractivity contribution in [1.82, 2.24) is 5.32 Å². The molecule has 0 bridgehead atoms. The molecule has 0 unspecified atom stereocenters. The van der Waals surface area contributed by atoms with Crippen LogP contribution in [0, 0.1) is 6.92 Å². The molecular formula is C17H21N3O2S. The van der Waals surface area contributed by atoms with Crippen molar-refractivity contribution in [3.8, 4) is 11.1 Å². The van der Waals surface area contributed by atoms with Gasteiger partial charge in [-0.3, -0.25) is 0 Å². The van der Waals surface area contributed by atoms with Crippen molar-refractivity contribution in [1.29, 1.82) is 0 Å². The SMILES string of the molecule is Cc1c(S(N)(=O)=O)ccc(-c2ccccc2)c1N1CCNCC1. The van der Waals surface area contributed by atoms with Crippen LogP contribution in [0.15, 0.2) is 47.4 Å². The number of hydrogen-bond donors (Lipinski definition) is 2. The van der Waals surface area contributed by atoms with E-state index in [4.69, 9.17) is 5.14 Å². The molecule has 6 heteroatoms. The third kappa shape index (κ3) is 3.24. The molecule has 3 rings (SSSR count). The number of hydrogen-bond acceptors (Lipinski definition) is 4. The van der Waals surface area contributed by atoms with Gasteiger partial charge in [0, 0.05) is 37.4 Å². The molecule has 2 aromatic carbocycles. The van der Waals surface area contributed by atoms with Crippen LogP contribution < -0.4 is 15.4 Å². The largest absolute Gasteiger partial charge is 0.368 e. The first-order valence-electron chi connectivity index (χ1n) is 7.66. The Hall–Kier alpha value is -1.89. The lowest BCUT2D eigenvalue weighted by atomic mass is 9.99. The zero-order valence-corrected chi connectivity index (χ0v) is 13.9. The van der Waals surface area contributed by atoms with Gasteiger partial charge in [0.1, 0.15) is 0 Å². The van der Waals surface area contributed by atoms with Gasteiger partial charge in [-0.25, -0.2) is 13.6 Å². The molecule has 1 saturated heterocycles. The molecule has 23 heavy (non-hydrogen) atoms. The first-order chi connectivity index (χ1) is 11.0. The molecular weight excluding hydrogens is 310 g/mol. The second kappa shape index (κ2) is 6.31. The van der Waals surface area contributed by atoms with Crippen molar-refractivity contribution in [2.75, 3.05) is 31.1 Å². The molecule has 0 spiro atoms. The Morgan fingerprint density at radius 1 is 1.04 bits per heavy atom. The van der Waals surface area contributed by atoms with Crippen LogP contribution in [-0.4, -0.2) is 34.6 Å². The summed E-state index contributed by atoms with van der Waals surface area (Å²) in [6, 6.07) is 13.5. The van der Waals surface area contributed by atoms with E-state index in [0.29, 0.717) is 0 Å². The van der Waals surface area contributed by atoms with E-state index in [0.717, 1.165) is 48.6 Å². The number of nitrogens with two attached hydrogens (primary N) is 1. The highest BCUT2D eigenvalue weighted by atomic mass is 32.2. The predicted molar refractivity (Wildman–Crippen MR) is 93.1 cm³/mol. The van der Waals surface area contributed by atoms with Crippen LogP contribution in [0.5, 0.6) is 0 Å². The number of nitrogens with one attached hydrogen (secondary N) is 1. The fourth-order valence-electron chi connectivity index (χ4n) is 3.14. The lowest BCUT2D eigenvalue weighted by molar-refractivity contribution is 0.586. The molecule has 0 saturated carbocycles. The summed E-state index contributed by atoms with van der Waals surface area (Å²) < 4.78 is 23.8. The minimum Gasteiger partial charge on any atom is -0.368 e. The number of anilines is 1. The zero-order chi connectivity index (χ0) is 16.4. The molecule has 122 valence electrons. The molecule has 5 nitrogen and oxygen atoms in total. The highest BCUT2D eigenvalue weighted by Gasteiger charge is 2.22. The van der Waals surface area contributed by atoms with Crippen molar-refractivity contribution < 1.29 is 8.42 Å². The van der Waals surface area contributed by atoms with Gasteiger partial charge in [-0.1, -0.05) is 36.4 Å². The molecule has 0 radical (unpaired) electrons. The summed E-state index contributed by atoms with van der Waals surface area (Å²) in [4.78, 5) is 2.44. The van der Waals surface area contributed by atoms with Crippen LogP contribution in [0.3, 0.4) is 0 Å². The minimum atomic E-state index is -3.74. The smallest absolute Gasteiger partial charge is 0.238 e. The summed E-state index contributed by atoms with van der Waals surface area (Å²) >= 11 is 0. The van der Waals surface area contributed by atoms with Crippen molar-refractivity contribution in [2.45, 2.75) is 11.8 Å². The number of sulfonamides is 1. The second-order valence-electron chi connectivity index (χ2n) is 5.73.